The standard InChI is InChI=1S/C12H22N4O2/c1-10(2)6-11(7-17)15-12(18)4-3-5-16-9-13-8-14-16/h8-11,17H,3-7H2,1-2H3,(H,15,18). The lowest BCUT2D eigenvalue weighted by molar-refractivity contribution is -0.122. The van der Waals surface area contributed by atoms with Crippen molar-refractivity contribution in [3.63, 3.8) is 0 Å². The fraction of sp³-hybridized carbons (Fsp3) is 0.750. The molecule has 1 aromatic heterocycles. The summed E-state index contributed by atoms with van der Waals surface area (Å²) in [5.74, 6) is 0.437. The van der Waals surface area contributed by atoms with Crippen LogP contribution in [-0.2, 0) is 11.3 Å². The van der Waals surface area contributed by atoms with Crippen LogP contribution < -0.4 is 5.32 Å². The van der Waals surface area contributed by atoms with E-state index in [1.54, 1.807) is 11.0 Å². The van der Waals surface area contributed by atoms with Gasteiger partial charge in [0.05, 0.1) is 12.6 Å². The number of carbonyl (C=O) groups excluding carboxylic acids is 1. The van der Waals surface area contributed by atoms with Crippen molar-refractivity contribution in [3.05, 3.63) is 12.7 Å². The van der Waals surface area contributed by atoms with Crippen LogP contribution in [0.25, 0.3) is 0 Å². The predicted molar refractivity (Wildman–Crippen MR) is 67.7 cm³/mol. The van der Waals surface area contributed by atoms with E-state index in [2.05, 4.69) is 29.2 Å². The molecule has 0 radical (unpaired) electrons. The van der Waals surface area contributed by atoms with E-state index in [-0.39, 0.29) is 18.6 Å². The molecule has 6 nitrogen and oxygen atoms in total. The van der Waals surface area contributed by atoms with Crippen molar-refractivity contribution in [2.75, 3.05) is 6.61 Å². The number of nitrogens with zero attached hydrogens (tertiary/aromatic N) is 3. The van der Waals surface area contributed by atoms with Crippen LogP contribution in [0.4, 0.5) is 0 Å². The molecule has 18 heavy (non-hydrogen) atoms. The Bertz CT molecular complexity index is 338. The van der Waals surface area contributed by atoms with Gasteiger partial charge in [0.1, 0.15) is 12.7 Å². The van der Waals surface area contributed by atoms with Gasteiger partial charge < -0.3 is 10.4 Å². The minimum atomic E-state index is -0.135. The predicted octanol–water partition coefficient (Wildman–Crippen LogP) is 0.581. The van der Waals surface area contributed by atoms with Gasteiger partial charge in [0, 0.05) is 13.0 Å². The van der Waals surface area contributed by atoms with E-state index in [0.717, 1.165) is 12.8 Å². The maximum Gasteiger partial charge on any atom is 0.220 e. The SMILES string of the molecule is CC(C)CC(CO)NC(=O)CCCn1cncn1. The summed E-state index contributed by atoms with van der Waals surface area (Å²) in [5, 5.41) is 16.0. The first-order chi connectivity index (χ1) is 8.61. The van der Waals surface area contributed by atoms with Gasteiger partial charge >= 0.3 is 0 Å². The Morgan fingerprint density at radius 3 is 2.83 bits per heavy atom. The topological polar surface area (TPSA) is 80.0 Å². The quantitative estimate of drug-likeness (QED) is 0.711. The molecule has 0 saturated carbocycles. The molecule has 1 amide bonds. The summed E-state index contributed by atoms with van der Waals surface area (Å²) in [6.07, 6.45) is 5.06. The lowest BCUT2D eigenvalue weighted by Gasteiger charge is -2.18. The molecule has 102 valence electrons. The monoisotopic (exact) mass is 254 g/mol. The molecule has 2 N–H and O–H groups in total. The summed E-state index contributed by atoms with van der Waals surface area (Å²) in [5.41, 5.74) is 0. The number of aliphatic hydroxyl groups excluding tert-OH is 1. The fourth-order valence-electron chi connectivity index (χ4n) is 1.80. The number of aromatic nitrogens is 3. The second kappa shape index (κ2) is 7.81. The van der Waals surface area contributed by atoms with Gasteiger partial charge in [-0.15, -0.1) is 0 Å². The highest BCUT2D eigenvalue weighted by molar-refractivity contribution is 5.76. The maximum atomic E-state index is 11.7. The molecule has 0 aliphatic carbocycles. The summed E-state index contributed by atoms with van der Waals surface area (Å²) in [7, 11) is 0. The average Bonchev–Trinajstić information content (AvgIpc) is 2.80. The van der Waals surface area contributed by atoms with Crippen LogP contribution in [0.5, 0.6) is 0 Å². The molecule has 1 rings (SSSR count). The number of aryl methyl sites for hydroxylation is 1. The van der Waals surface area contributed by atoms with Crippen LogP contribution in [0, 0.1) is 5.92 Å². The van der Waals surface area contributed by atoms with Crippen LogP contribution in [0.3, 0.4) is 0 Å². The molecule has 1 heterocycles. The molecule has 1 unspecified atom stereocenters. The number of hydrogen-bond acceptors (Lipinski definition) is 4. The fourth-order valence-corrected chi connectivity index (χ4v) is 1.80. The normalized spacial score (nSPS) is 12.7. The van der Waals surface area contributed by atoms with E-state index in [0.29, 0.717) is 18.9 Å². The number of hydrogen-bond donors (Lipinski definition) is 2. The van der Waals surface area contributed by atoms with Gasteiger partial charge in [0.25, 0.3) is 0 Å². The third-order valence-electron chi connectivity index (χ3n) is 2.60. The van der Waals surface area contributed by atoms with Crippen LogP contribution in [0.15, 0.2) is 12.7 Å². The zero-order chi connectivity index (χ0) is 13.4. The van der Waals surface area contributed by atoms with Gasteiger partial charge in [0.15, 0.2) is 0 Å². The average molecular weight is 254 g/mol. The number of rotatable bonds is 8. The lowest BCUT2D eigenvalue weighted by Crippen LogP contribution is -2.38. The minimum Gasteiger partial charge on any atom is -0.394 e. The van der Waals surface area contributed by atoms with Crippen molar-refractivity contribution in [2.24, 2.45) is 5.92 Å². The Morgan fingerprint density at radius 2 is 2.28 bits per heavy atom. The van der Waals surface area contributed by atoms with E-state index in [4.69, 9.17) is 5.11 Å². The van der Waals surface area contributed by atoms with Crippen molar-refractivity contribution < 1.29 is 9.90 Å². The third kappa shape index (κ3) is 5.77. The highest BCUT2D eigenvalue weighted by atomic mass is 16.3. The van der Waals surface area contributed by atoms with Crippen LogP contribution in [0.2, 0.25) is 0 Å². The van der Waals surface area contributed by atoms with Crippen LogP contribution >= 0.6 is 0 Å². The van der Waals surface area contributed by atoms with Gasteiger partial charge in [-0.1, -0.05) is 13.8 Å². The van der Waals surface area contributed by atoms with Gasteiger partial charge in [-0.3, -0.25) is 9.48 Å². The zero-order valence-corrected chi connectivity index (χ0v) is 11.0. The van der Waals surface area contributed by atoms with Gasteiger partial charge in [-0.05, 0) is 18.8 Å². The van der Waals surface area contributed by atoms with Crippen molar-refractivity contribution in [1.29, 1.82) is 0 Å². The van der Waals surface area contributed by atoms with Crippen molar-refractivity contribution in [2.45, 2.75) is 45.7 Å². The summed E-state index contributed by atoms with van der Waals surface area (Å²) < 4.78 is 1.70. The Balaban J connectivity index is 2.19. The molecule has 0 aliphatic heterocycles. The molecule has 0 fully saturated rings. The van der Waals surface area contributed by atoms with Crippen molar-refractivity contribution >= 4 is 5.91 Å². The molecule has 1 aromatic rings. The minimum absolute atomic E-state index is 0.00695. The maximum absolute atomic E-state index is 11.7. The third-order valence-corrected chi connectivity index (χ3v) is 2.60. The van der Waals surface area contributed by atoms with Gasteiger partial charge in [0.2, 0.25) is 5.91 Å². The van der Waals surface area contributed by atoms with E-state index in [9.17, 15) is 4.79 Å². The first-order valence-electron chi connectivity index (χ1n) is 6.34. The molecule has 0 bridgehead atoms. The van der Waals surface area contributed by atoms with Crippen molar-refractivity contribution in [1.82, 2.24) is 20.1 Å². The number of nitrogens with one attached hydrogen (secondary N) is 1. The Morgan fingerprint density at radius 1 is 1.50 bits per heavy atom. The first-order valence-corrected chi connectivity index (χ1v) is 6.34. The first kappa shape index (κ1) is 14.6. The van der Waals surface area contributed by atoms with Gasteiger partial charge in [-0.25, -0.2) is 4.98 Å². The Labute approximate surface area is 107 Å². The molecule has 6 heteroatoms. The Hall–Kier alpha value is -1.43. The molecule has 0 aliphatic rings. The summed E-state index contributed by atoms with van der Waals surface area (Å²) in [6.45, 7) is 4.81. The molecule has 0 aromatic carbocycles. The highest BCUT2D eigenvalue weighted by Crippen LogP contribution is 2.04. The number of aliphatic hydroxyl groups is 1. The van der Waals surface area contributed by atoms with Crippen LogP contribution in [-0.4, -0.2) is 38.4 Å². The lowest BCUT2D eigenvalue weighted by atomic mass is 10.0. The summed E-state index contributed by atoms with van der Waals surface area (Å²) in [4.78, 5) is 15.5. The van der Waals surface area contributed by atoms with Crippen molar-refractivity contribution in [3.8, 4) is 0 Å². The molecular weight excluding hydrogens is 232 g/mol. The van der Waals surface area contributed by atoms with E-state index in [1.165, 1.54) is 6.33 Å². The summed E-state index contributed by atoms with van der Waals surface area (Å²) in [6, 6.07) is -0.135. The zero-order valence-electron chi connectivity index (χ0n) is 11.0. The number of carbonyl (C=O) groups is 1. The molecule has 1 atom stereocenters. The van der Waals surface area contributed by atoms with Gasteiger partial charge in [-0.2, -0.15) is 5.10 Å². The molecule has 0 saturated heterocycles. The van der Waals surface area contributed by atoms with Crippen LogP contribution in [0.1, 0.15) is 33.1 Å². The van der Waals surface area contributed by atoms with E-state index in [1.807, 2.05) is 0 Å². The largest absolute Gasteiger partial charge is 0.394 e. The Kier molecular flexibility index (Phi) is 6.35. The number of amides is 1. The summed E-state index contributed by atoms with van der Waals surface area (Å²) >= 11 is 0. The van der Waals surface area contributed by atoms with E-state index < -0.39 is 0 Å². The molecular formula is C12H22N4O2. The smallest absolute Gasteiger partial charge is 0.220 e. The molecule has 0 spiro atoms. The second-order valence-electron chi connectivity index (χ2n) is 4.84. The second-order valence-corrected chi connectivity index (χ2v) is 4.84. The van der Waals surface area contributed by atoms with E-state index >= 15 is 0 Å². The highest BCUT2D eigenvalue weighted by Gasteiger charge is 2.12.